The molecule has 2 amide bonds. The second-order valence-corrected chi connectivity index (χ2v) is 5.66. The summed E-state index contributed by atoms with van der Waals surface area (Å²) >= 11 is 0. The molecule has 122 valence electrons. The minimum absolute atomic E-state index is 0.300. The first-order valence-electron chi connectivity index (χ1n) is 7.55. The largest absolute Gasteiger partial charge is 0.491 e. The molecule has 1 aromatic carbocycles. The maximum atomic E-state index is 13.4. The Balaban J connectivity index is 1.59. The van der Waals surface area contributed by atoms with Crippen LogP contribution in [-0.4, -0.2) is 22.2 Å². The number of halogens is 1. The van der Waals surface area contributed by atoms with E-state index in [9.17, 15) is 9.18 Å². The maximum Gasteiger partial charge on any atom is 0.319 e. The summed E-state index contributed by atoms with van der Waals surface area (Å²) in [5.74, 6) is 1.24. The smallest absolute Gasteiger partial charge is 0.319 e. The number of nitrogens with zero attached hydrogens (tertiary/aromatic N) is 2. The molecule has 1 saturated carbocycles. The van der Waals surface area contributed by atoms with Crippen LogP contribution in [-0.2, 0) is 13.6 Å². The number of benzene rings is 1. The lowest BCUT2D eigenvalue weighted by atomic mass is 10.3. The van der Waals surface area contributed by atoms with Crippen LogP contribution in [0.25, 0.3) is 0 Å². The van der Waals surface area contributed by atoms with E-state index in [0.717, 1.165) is 18.7 Å². The maximum absolute atomic E-state index is 13.4. The highest BCUT2D eigenvalue weighted by Crippen LogP contribution is 2.32. The molecule has 2 N–H and O–H groups in total. The van der Waals surface area contributed by atoms with E-state index in [4.69, 9.17) is 4.74 Å². The second-order valence-electron chi connectivity index (χ2n) is 5.66. The summed E-state index contributed by atoms with van der Waals surface area (Å²) in [6.45, 7) is 0.849. The molecule has 6 nitrogen and oxygen atoms in total. The fourth-order valence-corrected chi connectivity index (χ4v) is 2.10. The lowest BCUT2D eigenvalue weighted by Gasteiger charge is -2.13. The summed E-state index contributed by atoms with van der Waals surface area (Å²) in [6.07, 6.45) is 5.75. The number of hydrogen-bond acceptors (Lipinski definition) is 3. The number of carbonyl (C=O) groups excluding carboxylic acids is 1. The van der Waals surface area contributed by atoms with Crippen molar-refractivity contribution < 1.29 is 13.9 Å². The van der Waals surface area contributed by atoms with Crippen molar-refractivity contribution in [2.24, 2.45) is 13.0 Å². The molecular formula is C16H19FN4O2. The Morgan fingerprint density at radius 2 is 2.30 bits per heavy atom. The SMILES string of the molecule is Cn1ccnc1CNC(=O)Nc1ccc(F)cc1OCC1CC1. The van der Waals surface area contributed by atoms with Gasteiger partial charge in [0.2, 0.25) is 0 Å². The molecule has 7 heteroatoms. The van der Waals surface area contributed by atoms with Crippen LogP contribution in [0.3, 0.4) is 0 Å². The molecule has 1 heterocycles. The number of aryl methyl sites for hydroxylation is 1. The van der Waals surface area contributed by atoms with Gasteiger partial charge in [-0.25, -0.2) is 14.2 Å². The summed E-state index contributed by atoms with van der Waals surface area (Å²) < 4.78 is 20.8. The third-order valence-corrected chi connectivity index (χ3v) is 3.69. The molecule has 23 heavy (non-hydrogen) atoms. The van der Waals surface area contributed by atoms with E-state index < -0.39 is 11.8 Å². The van der Waals surface area contributed by atoms with Gasteiger partial charge in [-0.1, -0.05) is 0 Å². The number of ether oxygens (including phenoxy) is 1. The lowest BCUT2D eigenvalue weighted by molar-refractivity contribution is 0.251. The zero-order chi connectivity index (χ0) is 16.2. The monoisotopic (exact) mass is 318 g/mol. The molecule has 0 unspecified atom stereocenters. The predicted octanol–water partition coefficient (Wildman–Crippen LogP) is 2.67. The van der Waals surface area contributed by atoms with E-state index in [2.05, 4.69) is 15.6 Å². The van der Waals surface area contributed by atoms with Gasteiger partial charge in [-0.05, 0) is 30.9 Å². The highest BCUT2D eigenvalue weighted by Gasteiger charge is 2.22. The number of imidazole rings is 1. The summed E-state index contributed by atoms with van der Waals surface area (Å²) in [7, 11) is 1.85. The molecular weight excluding hydrogens is 299 g/mol. The Bertz CT molecular complexity index is 697. The summed E-state index contributed by atoms with van der Waals surface area (Å²) in [6, 6.07) is 3.68. The van der Waals surface area contributed by atoms with Gasteiger partial charge in [-0.3, -0.25) is 0 Å². The van der Waals surface area contributed by atoms with Gasteiger partial charge in [-0.2, -0.15) is 0 Å². The molecule has 1 aliphatic rings. The third kappa shape index (κ3) is 4.21. The van der Waals surface area contributed by atoms with Gasteiger partial charge < -0.3 is 19.9 Å². The van der Waals surface area contributed by atoms with E-state index in [1.54, 1.807) is 12.4 Å². The Kier molecular flexibility index (Phi) is 4.45. The Morgan fingerprint density at radius 3 is 3.00 bits per heavy atom. The average molecular weight is 318 g/mol. The molecule has 2 aromatic rings. The Hall–Kier alpha value is -2.57. The van der Waals surface area contributed by atoms with Gasteiger partial charge in [-0.15, -0.1) is 0 Å². The van der Waals surface area contributed by atoms with E-state index in [1.807, 2.05) is 11.6 Å². The normalized spacial score (nSPS) is 13.7. The zero-order valence-corrected chi connectivity index (χ0v) is 12.9. The molecule has 0 spiro atoms. The topological polar surface area (TPSA) is 68.2 Å². The average Bonchev–Trinajstić information content (AvgIpc) is 3.27. The standard InChI is InChI=1S/C16H19FN4O2/c1-21-7-6-18-15(21)9-19-16(22)20-13-5-4-12(17)8-14(13)23-10-11-2-3-11/h4-8,11H,2-3,9-10H2,1H3,(H2,19,20,22). The predicted molar refractivity (Wildman–Crippen MR) is 83.7 cm³/mol. The lowest BCUT2D eigenvalue weighted by Crippen LogP contribution is -2.29. The molecule has 0 radical (unpaired) electrons. The highest BCUT2D eigenvalue weighted by atomic mass is 19.1. The van der Waals surface area contributed by atoms with E-state index in [0.29, 0.717) is 30.5 Å². The highest BCUT2D eigenvalue weighted by molar-refractivity contribution is 5.90. The van der Waals surface area contributed by atoms with Crippen LogP contribution < -0.4 is 15.4 Å². The van der Waals surface area contributed by atoms with Crippen molar-refractivity contribution in [1.82, 2.24) is 14.9 Å². The molecule has 1 aliphatic carbocycles. The quantitative estimate of drug-likeness (QED) is 0.860. The van der Waals surface area contributed by atoms with Crippen LogP contribution in [0.2, 0.25) is 0 Å². The van der Waals surface area contributed by atoms with Crippen molar-refractivity contribution in [2.75, 3.05) is 11.9 Å². The van der Waals surface area contributed by atoms with Crippen molar-refractivity contribution in [3.8, 4) is 5.75 Å². The van der Waals surface area contributed by atoms with Crippen molar-refractivity contribution in [3.63, 3.8) is 0 Å². The molecule has 0 atom stereocenters. The number of carbonyl (C=O) groups is 1. The number of amides is 2. The summed E-state index contributed by atoms with van der Waals surface area (Å²) in [4.78, 5) is 16.1. The molecule has 0 aliphatic heterocycles. The zero-order valence-electron chi connectivity index (χ0n) is 12.9. The van der Waals surface area contributed by atoms with Crippen molar-refractivity contribution in [1.29, 1.82) is 0 Å². The van der Waals surface area contributed by atoms with Gasteiger partial charge in [0.05, 0.1) is 18.8 Å². The first kappa shape index (κ1) is 15.3. The van der Waals surface area contributed by atoms with Crippen LogP contribution in [0.15, 0.2) is 30.6 Å². The molecule has 0 saturated heterocycles. The Morgan fingerprint density at radius 1 is 1.48 bits per heavy atom. The van der Waals surface area contributed by atoms with Crippen LogP contribution >= 0.6 is 0 Å². The van der Waals surface area contributed by atoms with Gasteiger partial charge in [0, 0.05) is 25.5 Å². The minimum Gasteiger partial charge on any atom is -0.491 e. The second kappa shape index (κ2) is 6.68. The Labute approximate surface area is 133 Å². The number of rotatable bonds is 6. The summed E-state index contributed by atoms with van der Waals surface area (Å²) in [5, 5.41) is 5.40. The van der Waals surface area contributed by atoms with Crippen LogP contribution in [0.5, 0.6) is 5.75 Å². The number of nitrogens with one attached hydrogen (secondary N) is 2. The van der Waals surface area contributed by atoms with Gasteiger partial charge >= 0.3 is 6.03 Å². The van der Waals surface area contributed by atoms with Crippen molar-refractivity contribution in [3.05, 3.63) is 42.2 Å². The first-order chi connectivity index (χ1) is 11.1. The van der Waals surface area contributed by atoms with E-state index in [-0.39, 0.29) is 0 Å². The molecule has 1 aromatic heterocycles. The number of hydrogen-bond donors (Lipinski definition) is 2. The third-order valence-electron chi connectivity index (χ3n) is 3.69. The summed E-state index contributed by atoms with van der Waals surface area (Å²) in [5.41, 5.74) is 0.449. The van der Waals surface area contributed by atoms with Crippen molar-refractivity contribution >= 4 is 11.7 Å². The van der Waals surface area contributed by atoms with Crippen LogP contribution in [0.4, 0.5) is 14.9 Å². The van der Waals surface area contributed by atoms with Gasteiger partial charge in [0.15, 0.2) is 0 Å². The van der Waals surface area contributed by atoms with Crippen molar-refractivity contribution in [2.45, 2.75) is 19.4 Å². The van der Waals surface area contributed by atoms with E-state index in [1.165, 1.54) is 18.2 Å². The number of anilines is 1. The fourth-order valence-electron chi connectivity index (χ4n) is 2.10. The first-order valence-corrected chi connectivity index (χ1v) is 7.55. The van der Waals surface area contributed by atoms with Gasteiger partial charge in [0.25, 0.3) is 0 Å². The molecule has 0 bridgehead atoms. The number of urea groups is 1. The molecule has 1 fully saturated rings. The number of aromatic nitrogens is 2. The van der Waals surface area contributed by atoms with Gasteiger partial charge in [0.1, 0.15) is 17.4 Å². The minimum atomic E-state index is -0.394. The van der Waals surface area contributed by atoms with Crippen LogP contribution in [0, 0.1) is 11.7 Å². The fraction of sp³-hybridized carbons (Fsp3) is 0.375. The van der Waals surface area contributed by atoms with E-state index >= 15 is 0 Å². The van der Waals surface area contributed by atoms with Crippen LogP contribution in [0.1, 0.15) is 18.7 Å². The molecule has 3 rings (SSSR count).